The Bertz CT molecular complexity index is 889. The predicted molar refractivity (Wildman–Crippen MR) is 131 cm³/mol. The summed E-state index contributed by atoms with van der Waals surface area (Å²) < 4.78 is 0. The maximum atomic E-state index is 2.67. The monoisotopic (exact) mass is 405 g/mol. The number of hydrogen-bond acceptors (Lipinski definition) is 1. The van der Waals surface area contributed by atoms with Crippen molar-refractivity contribution in [3.63, 3.8) is 0 Å². The molecule has 1 heteroatoms. The van der Waals surface area contributed by atoms with Gasteiger partial charge >= 0.3 is 0 Å². The van der Waals surface area contributed by atoms with Crippen LogP contribution in [0.2, 0.25) is 0 Å². The fourth-order valence-corrected chi connectivity index (χ4v) is 4.49. The van der Waals surface area contributed by atoms with Crippen molar-refractivity contribution in [2.24, 2.45) is 0 Å². The molecule has 0 fully saturated rings. The summed E-state index contributed by atoms with van der Waals surface area (Å²) in [5, 5.41) is 0. The zero-order valence-corrected chi connectivity index (χ0v) is 18.6. The van der Waals surface area contributed by atoms with Crippen LogP contribution < -0.4 is 0 Å². The zero-order chi connectivity index (χ0) is 21.7. The molecule has 4 aromatic carbocycles. The quantitative estimate of drug-likeness (QED) is 0.318. The Kier molecular flexibility index (Phi) is 6.34. The summed E-state index contributed by atoms with van der Waals surface area (Å²) >= 11 is 0. The molecule has 0 bridgehead atoms. The van der Waals surface area contributed by atoms with Gasteiger partial charge in [-0.05, 0) is 43.0 Å². The highest BCUT2D eigenvalue weighted by molar-refractivity contribution is 5.38. The first-order chi connectivity index (χ1) is 15.1. The molecule has 31 heavy (non-hydrogen) atoms. The summed E-state index contributed by atoms with van der Waals surface area (Å²) in [6.45, 7) is 6.97. The van der Waals surface area contributed by atoms with Crippen molar-refractivity contribution < 1.29 is 0 Å². The molecule has 0 aliphatic heterocycles. The lowest BCUT2D eigenvalue weighted by Crippen LogP contribution is -2.47. The molecule has 4 aromatic rings. The molecule has 1 nitrogen and oxygen atoms in total. The molecule has 4 rings (SSSR count). The van der Waals surface area contributed by atoms with E-state index in [0.29, 0.717) is 0 Å². The Morgan fingerprint density at radius 3 is 0.839 bits per heavy atom. The minimum Gasteiger partial charge on any atom is -0.276 e. The van der Waals surface area contributed by atoms with Gasteiger partial charge in [0.25, 0.3) is 0 Å². The molecule has 0 aliphatic carbocycles. The summed E-state index contributed by atoms with van der Waals surface area (Å²) in [5.74, 6) is 0. The molecular formula is C30H31N. The third-order valence-corrected chi connectivity index (χ3v) is 5.79. The van der Waals surface area contributed by atoms with Gasteiger partial charge in [0.15, 0.2) is 0 Å². The van der Waals surface area contributed by atoms with Gasteiger partial charge in [0.05, 0.1) is 12.1 Å². The van der Waals surface area contributed by atoms with Crippen molar-refractivity contribution >= 4 is 0 Å². The topological polar surface area (TPSA) is 3.24 Å². The zero-order valence-electron chi connectivity index (χ0n) is 18.6. The molecule has 0 N–H and O–H groups in total. The van der Waals surface area contributed by atoms with Crippen molar-refractivity contribution in [3.8, 4) is 0 Å². The van der Waals surface area contributed by atoms with Crippen molar-refractivity contribution in [1.82, 2.24) is 4.90 Å². The van der Waals surface area contributed by atoms with Gasteiger partial charge < -0.3 is 0 Å². The SMILES string of the molecule is CC(C)(C)N(C(c1ccccc1)c1ccccc1)C(c1ccccc1)c1ccccc1. The van der Waals surface area contributed by atoms with E-state index in [1.165, 1.54) is 22.3 Å². The van der Waals surface area contributed by atoms with E-state index in [1.54, 1.807) is 0 Å². The highest BCUT2D eigenvalue weighted by Gasteiger charge is 2.38. The van der Waals surface area contributed by atoms with Gasteiger partial charge in [0.2, 0.25) is 0 Å². The molecular weight excluding hydrogens is 374 g/mol. The Morgan fingerprint density at radius 2 is 0.645 bits per heavy atom. The first kappa shape index (κ1) is 21.1. The van der Waals surface area contributed by atoms with Crippen LogP contribution in [-0.2, 0) is 0 Å². The summed E-state index contributed by atoms with van der Waals surface area (Å²) in [5.41, 5.74) is 5.13. The van der Waals surface area contributed by atoms with E-state index in [4.69, 9.17) is 0 Å². The van der Waals surface area contributed by atoms with Gasteiger partial charge in [-0.3, -0.25) is 4.90 Å². The van der Waals surface area contributed by atoms with Gasteiger partial charge in [-0.15, -0.1) is 0 Å². The standard InChI is InChI=1S/C30H31N/c1-30(2,3)31(28(24-16-8-4-9-17-24)25-18-10-5-11-19-25)29(26-20-12-6-13-21-26)27-22-14-7-15-23-27/h4-23,28-29H,1-3H3. The Balaban J connectivity index is 1.97. The second-order valence-electron chi connectivity index (χ2n) is 9.03. The average molecular weight is 406 g/mol. The van der Waals surface area contributed by atoms with Crippen LogP contribution in [0.3, 0.4) is 0 Å². The minimum absolute atomic E-state index is 0.0906. The van der Waals surface area contributed by atoms with E-state index >= 15 is 0 Å². The van der Waals surface area contributed by atoms with Gasteiger partial charge in [-0.2, -0.15) is 0 Å². The minimum atomic E-state index is -0.0906. The second kappa shape index (κ2) is 9.32. The van der Waals surface area contributed by atoms with Gasteiger partial charge in [0.1, 0.15) is 0 Å². The van der Waals surface area contributed by atoms with Crippen molar-refractivity contribution in [2.45, 2.75) is 38.4 Å². The highest BCUT2D eigenvalue weighted by Crippen LogP contribution is 2.43. The van der Waals surface area contributed by atoms with Crippen molar-refractivity contribution in [1.29, 1.82) is 0 Å². The highest BCUT2D eigenvalue weighted by atomic mass is 15.2. The Morgan fingerprint density at radius 1 is 0.419 bits per heavy atom. The molecule has 0 amide bonds. The van der Waals surface area contributed by atoms with E-state index < -0.39 is 0 Å². The number of rotatable bonds is 6. The van der Waals surface area contributed by atoms with E-state index in [2.05, 4.69) is 147 Å². The predicted octanol–water partition coefficient (Wildman–Crippen LogP) is 7.67. The summed E-state index contributed by atoms with van der Waals surface area (Å²) in [7, 11) is 0. The smallest absolute Gasteiger partial charge is 0.0615 e. The van der Waals surface area contributed by atoms with Crippen LogP contribution in [0, 0.1) is 0 Å². The van der Waals surface area contributed by atoms with E-state index in [9.17, 15) is 0 Å². The maximum Gasteiger partial charge on any atom is 0.0615 e. The first-order valence-electron chi connectivity index (χ1n) is 11.0. The molecule has 0 radical (unpaired) electrons. The maximum absolute atomic E-state index is 2.67. The summed E-state index contributed by atoms with van der Waals surface area (Å²) in [4.78, 5) is 2.67. The Labute approximate surface area is 187 Å². The molecule has 0 heterocycles. The largest absolute Gasteiger partial charge is 0.276 e. The summed E-state index contributed by atoms with van der Waals surface area (Å²) in [6.07, 6.45) is 0. The summed E-state index contributed by atoms with van der Waals surface area (Å²) in [6, 6.07) is 43.8. The number of nitrogens with zero attached hydrogens (tertiary/aromatic N) is 1. The van der Waals surface area contributed by atoms with Crippen LogP contribution in [-0.4, -0.2) is 10.4 Å². The average Bonchev–Trinajstić information content (AvgIpc) is 2.81. The lowest BCUT2D eigenvalue weighted by Gasteiger charge is -2.47. The molecule has 0 atom stereocenters. The molecule has 156 valence electrons. The van der Waals surface area contributed by atoms with E-state index in [-0.39, 0.29) is 17.6 Å². The fraction of sp³-hybridized carbons (Fsp3) is 0.200. The number of hydrogen-bond donors (Lipinski definition) is 0. The first-order valence-corrected chi connectivity index (χ1v) is 11.0. The van der Waals surface area contributed by atoms with Crippen molar-refractivity contribution in [3.05, 3.63) is 144 Å². The van der Waals surface area contributed by atoms with Gasteiger partial charge in [-0.1, -0.05) is 121 Å². The Hall–Kier alpha value is -3.16. The van der Waals surface area contributed by atoms with Crippen LogP contribution in [0.15, 0.2) is 121 Å². The van der Waals surface area contributed by atoms with Crippen LogP contribution >= 0.6 is 0 Å². The molecule has 0 spiro atoms. The van der Waals surface area contributed by atoms with Crippen LogP contribution in [0.1, 0.15) is 55.1 Å². The van der Waals surface area contributed by atoms with Crippen LogP contribution in [0.4, 0.5) is 0 Å². The fourth-order valence-electron chi connectivity index (χ4n) is 4.49. The lowest BCUT2D eigenvalue weighted by molar-refractivity contribution is 0.0654. The normalized spacial score (nSPS) is 11.9. The second-order valence-corrected chi connectivity index (χ2v) is 9.03. The molecule has 0 unspecified atom stereocenters. The van der Waals surface area contributed by atoms with Gasteiger partial charge in [0, 0.05) is 5.54 Å². The number of benzene rings is 4. The van der Waals surface area contributed by atoms with Crippen LogP contribution in [0.5, 0.6) is 0 Å². The third kappa shape index (κ3) is 4.78. The molecule has 0 aromatic heterocycles. The molecule has 0 saturated carbocycles. The van der Waals surface area contributed by atoms with Crippen molar-refractivity contribution in [2.75, 3.05) is 0 Å². The van der Waals surface area contributed by atoms with Gasteiger partial charge in [-0.25, -0.2) is 0 Å². The lowest BCUT2D eigenvalue weighted by atomic mass is 9.86. The van der Waals surface area contributed by atoms with E-state index in [1.807, 2.05) is 0 Å². The third-order valence-electron chi connectivity index (χ3n) is 5.79. The van der Waals surface area contributed by atoms with Crippen LogP contribution in [0.25, 0.3) is 0 Å². The molecule has 0 saturated heterocycles. The van der Waals surface area contributed by atoms with E-state index in [0.717, 1.165) is 0 Å². The molecule has 0 aliphatic rings.